The summed E-state index contributed by atoms with van der Waals surface area (Å²) in [6.45, 7) is 12.3. The Kier molecular flexibility index (Phi) is 8.30. The molecule has 0 bridgehead atoms. The number of nitrogens with zero attached hydrogens (tertiary/aromatic N) is 1. The Morgan fingerprint density at radius 2 is 1.88 bits per heavy atom. The topological polar surface area (TPSA) is 113 Å². The smallest absolute Gasteiger partial charge is 0.407 e. The van der Waals surface area contributed by atoms with E-state index in [1.165, 1.54) is 0 Å². The quantitative estimate of drug-likeness (QED) is 0.567. The number of benzene rings is 1. The third-order valence-electron chi connectivity index (χ3n) is 4.70. The van der Waals surface area contributed by atoms with Crippen LogP contribution in [0.15, 0.2) is 23.0 Å². The molecule has 0 aliphatic carbocycles. The number of ether oxygens (including phenoxy) is 2. The predicted molar refractivity (Wildman–Crippen MR) is 125 cm³/mol. The van der Waals surface area contributed by atoms with Crippen molar-refractivity contribution in [3.05, 3.63) is 39.8 Å². The molecule has 3 N–H and O–H groups in total. The minimum absolute atomic E-state index is 0.0368. The number of amides is 2. The molecule has 0 spiro atoms. The number of alkyl carbamates (subject to hydrolysis) is 1. The van der Waals surface area contributed by atoms with Gasteiger partial charge in [0.1, 0.15) is 11.4 Å². The van der Waals surface area contributed by atoms with Gasteiger partial charge in [-0.3, -0.25) is 9.59 Å². The number of unbranched alkanes of at least 4 members (excludes halogenated alkanes) is 1. The predicted octanol–water partition coefficient (Wildman–Crippen LogP) is 3.96. The van der Waals surface area contributed by atoms with E-state index >= 15 is 0 Å². The first-order valence-electron chi connectivity index (χ1n) is 11.0. The van der Waals surface area contributed by atoms with Crippen LogP contribution in [0.1, 0.15) is 70.4 Å². The number of primary amides is 1. The Morgan fingerprint density at radius 1 is 1.19 bits per heavy atom. The van der Waals surface area contributed by atoms with E-state index in [0.717, 1.165) is 12.8 Å². The number of aromatic nitrogens is 1. The van der Waals surface area contributed by atoms with Crippen molar-refractivity contribution in [2.24, 2.45) is 11.7 Å². The maximum Gasteiger partial charge on any atom is 0.407 e. The van der Waals surface area contributed by atoms with Crippen molar-refractivity contribution in [2.75, 3.05) is 6.61 Å². The van der Waals surface area contributed by atoms with Crippen molar-refractivity contribution < 1.29 is 19.1 Å². The van der Waals surface area contributed by atoms with Crippen LogP contribution in [-0.2, 0) is 17.8 Å². The molecular formula is C24H35N3O5. The van der Waals surface area contributed by atoms with Crippen molar-refractivity contribution in [3.63, 3.8) is 0 Å². The molecule has 176 valence electrons. The molecule has 1 heterocycles. The van der Waals surface area contributed by atoms with Crippen molar-refractivity contribution in [2.45, 2.75) is 73.1 Å². The van der Waals surface area contributed by atoms with Gasteiger partial charge in [-0.15, -0.1) is 0 Å². The lowest BCUT2D eigenvalue weighted by Crippen LogP contribution is -2.35. The molecule has 1 aromatic heterocycles. The second-order valence-electron chi connectivity index (χ2n) is 9.27. The van der Waals surface area contributed by atoms with E-state index in [4.69, 9.17) is 15.2 Å². The highest BCUT2D eigenvalue weighted by molar-refractivity contribution is 5.99. The maximum absolute atomic E-state index is 13.4. The van der Waals surface area contributed by atoms with Gasteiger partial charge in [0.15, 0.2) is 0 Å². The van der Waals surface area contributed by atoms with Gasteiger partial charge in [-0.1, -0.05) is 27.2 Å². The van der Waals surface area contributed by atoms with E-state index in [1.54, 1.807) is 43.5 Å². The van der Waals surface area contributed by atoms with Gasteiger partial charge in [0, 0.05) is 17.5 Å². The summed E-state index contributed by atoms with van der Waals surface area (Å²) in [5, 5.41) is 3.67. The normalized spacial score (nSPS) is 11.6. The Morgan fingerprint density at radius 3 is 2.44 bits per heavy atom. The van der Waals surface area contributed by atoms with Crippen LogP contribution >= 0.6 is 0 Å². The fourth-order valence-electron chi connectivity index (χ4n) is 3.30. The molecule has 0 aliphatic heterocycles. The summed E-state index contributed by atoms with van der Waals surface area (Å²) in [5.41, 5.74) is 5.41. The number of hydrogen-bond acceptors (Lipinski definition) is 5. The first-order valence-corrected chi connectivity index (χ1v) is 11.0. The molecule has 2 rings (SSSR count). The van der Waals surface area contributed by atoms with Crippen LogP contribution in [0, 0.1) is 5.92 Å². The first-order chi connectivity index (χ1) is 14.9. The molecule has 0 atom stereocenters. The molecule has 0 aliphatic rings. The molecule has 0 saturated carbocycles. The van der Waals surface area contributed by atoms with Gasteiger partial charge in [0.25, 0.3) is 5.56 Å². The molecule has 0 fully saturated rings. The standard InChI is InChI=1S/C24H35N3O5/c1-7-8-11-31-20-18-12-16(21(25)28)9-10-17(18)22(29)27(14-15(2)3)19(20)13-26-23(30)32-24(4,5)6/h9-10,12,15H,7-8,11,13-14H2,1-6H3,(H2,25,28)(H,26,30). The zero-order chi connectivity index (χ0) is 24.1. The van der Waals surface area contributed by atoms with E-state index in [0.29, 0.717) is 35.4 Å². The number of rotatable bonds is 9. The lowest BCUT2D eigenvalue weighted by Gasteiger charge is -2.23. The average Bonchev–Trinajstić information content (AvgIpc) is 2.68. The average molecular weight is 446 g/mol. The van der Waals surface area contributed by atoms with Gasteiger partial charge in [0.05, 0.1) is 24.2 Å². The Hall–Kier alpha value is -3.03. The van der Waals surface area contributed by atoms with Gasteiger partial charge in [-0.05, 0) is 51.3 Å². The van der Waals surface area contributed by atoms with Crippen LogP contribution in [-0.4, -0.2) is 28.8 Å². The number of nitrogens with two attached hydrogens (primary N) is 1. The lowest BCUT2D eigenvalue weighted by molar-refractivity contribution is 0.0521. The van der Waals surface area contributed by atoms with Crippen LogP contribution in [0.5, 0.6) is 5.75 Å². The van der Waals surface area contributed by atoms with E-state index < -0.39 is 17.6 Å². The molecule has 8 nitrogen and oxygen atoms in total. The van der Waals surface area contributed by atoms with Crippen molar-refractivity contribution in [3.8, 4) is 5.75 Å². The third kappa shape index (κ3) is 6.48. The van der Waals surface area contributed by atoms with E-state index in [9.17, 15) is 14.4 Å². The van der Waals surface area contributed by atoms with E-state index in [1.807, 2.05) is 13.8 Å². The Balaban J connectivity index is 2.68. The van der Waals surface area contributed by atoms with Crippen LogP contribution < -0.4 is 21.3 Å². The lowest BCUT2D eigenvalue weighted by atomic mass is 10.0. The van der Waals surface area contributed by atoms with Gasteiger partial charge in [0.2, 0.25) is 5.91 Å². The number of nitrogens with one attached hydrogen (secondary N) is 1. The molecule has 32 heavy (non-hydrogen) atoms. The fraction of sp³-hybridized carbons (Fsp3) is 0.542. The fourth-order valence-corrected chi connectivity index (χ4v) is 3.30. The summed E-state index contributed by atoms with van der Waals surface area (Å²) in [5.74, 6) is 0.0536. The van der Waals surface area contributed by atoms with Crippen LogP contribution in [0.3, 0.4) is 0 Å². The SMILES string of the molecule is CCCCOc1c(CNC(=O)OC(C)(C)C)n(CC(C)C)c(=O)c2ccc(C(N)=O)cc12. The van der Waals surface area contributed by atoms with Crippen LogP contribution in [0.2, 0.25) is 0 Å². The molecule has 2 aromatic rings. The Bertz CT molecular complexity index is 1030. The summed E-state index contributed by atoms with van der Waals surface area (Å²) in [7, 11) is 0. The van der Waals surface area contributed by atoms with Crippen LogP contribution in [0.25, 0.3) is 10.8 Å². The molecular weight excluding hydrogens is 410 g/mol. The van der Waals surface area contributed by atoms with Gasteiger partial charge < -0.3 is 25.1 Å². The molecule has 0 saturated heterocycles. The zero-order valence-electron chi connectivity index (χ0n) is 19.9. The monoisotopic (exact) mass is 445 g/mol. The second kappa shape index (κ2) is 10.5. The maximum atomic E-state index is 13.4. The van der Waals surface area contributed by atoms with Crippen molar-refractivity contribution in [1.29, 1.82) is 0 Å². The summed E-state index contributed by atoms with van der Waals surface area (Å²) in [6.07, 6.45) is 1.16. The van der Waals surface area contributed by atoms with Gasteiger partial charge >= 0.3 is 6.09 Å². The highest BCUT2D eigenvalue weighted by Gasteiger charge is 2.22. The second-order valence-corrected chi connectivity index (χ2v) is 9.27. The van der Waals surface area contributed by atoms with E-state index in [2.05, 4.69) is 12.2 Å². The largest absolute Gasteiger partial charge is 0.491 e. The highest BCUT2D eigenvalue weighted by atomic mass is 16.6. The summed E-state index contributed by atoms with van der Waals surface area (Å²) in [6, 6.07) is 4.73. The first kappa shape index (κ1) is 25.2. The number of hydrogen-bond donors (Lipinski definition) is 2. The Labute approximate surface area is 189 Å². The molecule has 0 unspecified atom stereocenters. The minimum Gasteiger partial charge on any atom is -0.491 e. The summed E-state index contributed by atoms with van der Waals surface area (Å²) < 4.78 is 13.1. The number of carbonyl (C=O) groups excluding carboxylic acids is 2. The van der Waals surface area contributed by atoms with Gasteiger partial charge in [-0.25, -0.2) is 4.79 Å². The van der Waals surface area contributed by atoms with E-state index in [-0.39, 0.29) is 23.6 Å². The zero-order valence-corrected chi connectivity index (χ0v) is 19.9. The summed E-state index contributed by atoms with van der Waals surface area (Å²) >= 11 is 0. The van der Waals surface area contributed by atoms with Crippen molar-refractivity contribution >= 4 is 22.8 Å². The molecule has 8 heteroatoms. The highest BCUT2D eigenvalue weighted by Crippen LogP contribution is 2.30. The molecule has 0 radical (unpaired) electrons. The number of carbonyl (C=O) groups is 2. The number of fused-ring (bicyclic) bond motifs is 1. The third-order valence-corrected chi connectivity index (χ3v) is 4.70. The molecule has 1 aromatic carbocycles. The molecule has 2 amide bonds. The van der Waals surface area contributed by atoms with Gasteiger partial charge in [-0.2, -0.15) is 0 Å². The minimum atomic E-state index is -0.651. The summed E-state index contributed by atoms with van der Waals surface area (Å²) in [4.78, 5) is 37.4. The van der Waals surface area contributed by atoms with Crippen molar-refractivity contribution in [1.82, 2.24) is 9.88 Å². The van der Waals surface area contributed by atoms with Crippen LogP contribution in [0.4, 0.5) is 4.79 Å². The number of pyridine rings is 1.